The van der Waals surface area contributed by atoms with Gasteiger partial charge in [-0.15, -0.1) is 11.6 Å². The number of aromatic nitrogens is 3. The highest BCUT2D eigenvalue weighted by Gasteiger charge is 2.17. The summed E-state index contributed by atoms with van der Waals surface area (Å²) < 4.78 is 1.83. The van der Waals surface area contributed by atoms with Gasteiger partial charge in [0, 0.05) is 10.7 Å². The maximum Gasteiger partial charge on any atom is 0.239 e. The molecule has 8 heteroatoms. The number of rotatable bonds is 3. The van der Waals surface area contributed by atoms with Crippen molar-refractivity contribution < 1.29 is 4.79 Å². The number of halogens is 3. The van der Waals surface area contributed by atoms with Crippen molar-refractivity contribution in [3.63, 3.8) is 0 Å². The molecule has 1 amide bonds. The second-order valence-electron chi connectivity index (χ2n) is 5.26. The molecular formula is C16H13Cl3N4O. The minimum Gasteiger partial charge on any atom is -0.323 e. The van der Waals surface area contributed by atoms with Crippen LogP contribution in [-0.2, 0) is 4.79 Å². The van der Waals surface area contributed by atoms with Crippen molar-refractivity contribution in [2.45, 2.75) is 13.8 Å². The van der Waals surface area contributed by atoms with Crippen LogP contribution in [0.1, 0.15) is 11.5 Å². The van der Waals surface area contributed by atoms with E-state index in [0.717, 1.165) is 5.69 Å². The van der Waals surface area contributed by atoms with Gasteiger partial charge in [0.2, 0.25) is 5.91 Å². The summed E-state index contributed by atoms with van der Waals surface area (Å²) >= 11 is 17.9. The van der Waals surface area contributed by atoms with Crippen LogP contribution < -0.4 is 5.32 Å². The number of hydrogen-bond donors (Lipinski definition) is 1. The van der Waals surface area contributed by atoms with Gasteiger partial charge in [0.05, 0.1) is 16.4 Å². The molecule has 1 N–H and O–H groups in total. The lowest BCUT2D eigenvalue weighted by Gasteiger charge is -2.10. The fourth-order valence-corrected chi connectivity index (χ4v) is 3.07. The van der Waals surface area contributed by atoms with Crippen LogP contribution in [0.4, 0.5) is 5.69 Å². The number of nitrogens with one attached hydrogen (secondary N) is 1. The van der Waals surface area contributed by atoms with Gasteiger partial charge in [-0.3, -0.25) is 9.36 Å². The van der Waals surface area contributed by atoms with Crippen LogP contribution in [0.15, 0.2) is 24.3 Å². The zero-order valence-corrected chi connectivity index (χ0v) is 15.2. The lowest BCUT2D eigenvalue weighted by Crippen LogP contribution is -2.13. The summed E-state index contributed by atoms with van der Waals surface area (Å²) in [5.74, 6) is 0.250. The number of pyridine rings is 1. The van der Waals surface area contributed by atoms with Crippen molar-refractivity contribution in [2.75, 3.05) is 11.2 Å². The van der Waals surface area contributed by atoms with Crippen LogP contribution >= 0.6 is 34.8 Å². The lowest BCUT2D eigenvalue weighted by molar-refractivity contribution is -0.113. The highest BCUT2D eigenvalue weighted by Crippen LogP contribution is 2.31. The molecule has 0 atom stereocenters. The Balaban J connectivity index is 2.26. The lowest BCUT2D eigenvalue weighted by atomic mass is 10.2. The number of alkyl halides is 1. The molecule has 0 bridgehead atoms. The summed E-state index contributed by atoms with van der Waals surface area (Å²) in [6.07, 6.45) is 0. The van der Waals surface area contributed by atoms with Gasteiger partial charge in [-0.2, -0.15) is 0 Å². The number of anilines is 1. The molecular weight excluding hydrogens is 371 g/mol. The third-order valence-electron chi connectivity index (χ3n) is 3.46. The number of aryl methyl sites for hydroxylation is 2. The number of carbonyl (C=O) groups is 1. The largest absolute Gasteiger partial charge is 0.323 e. The molecule has 124 valence electrons. The maximum absolute atomic E-state index is 11.7. The molecule has 0 aliphatic carbocycles. The minimum atomic E-state index is -0.305. The highest BCUT2D eigenvalue weighted by atomic mass is 35.5. The van der Waals surface area contributed by atoms with Crippen LogP contribution in [0.2, 0.25) is 10.0 Å². The Morgan fingerprint density at radius 3 is 2.62 bits per heavy atom. The Morgan fingerprint density at radius 1 is 1.21 bits per heavy atom. The molecule has 0 fully saturated rings. The topological polar surface area (TPSA) is 59.8 Å². The molecule has 1 aromatic carbocycles. The highest BCUT2D eigenvalue weighted by molar-refractivity contribution is 6.35. The van der Waals surface area contributed by atoms with Gasteiger partial charge in [-0.05, 0) is 38.1 Å². The molecule has 0 aliphatic heterocycles. The van der Waals surface area contributed by atoms with Gasteiger partial charge >= 0.3 is 0 Å². The molecule has 2 heterocycles. The SMILES string of the molecule is Cc1cc(NC(=O)CCl)c2nc(C)n(-c3ccc(Cl)cc3Cl)c2n1. The van der Waals surface area contributed by atoms with Crippen molar-refractivity contribution in [1.82, 2.24) is 14.5 Å². The summed E-state index contributed by atoms with van der Waals surface area (Å²) in [4.78, 5) is 20.7. The fraction of sp³-hybridized carbons (Fsp3) is 0.188. The van der Waals surface area contributed by atoms with Gasteiger partial charge in [-0.1, -0.05) is 23.2 Å². The van der Waals surface area contributed by atoms with Crippen LogP contribution in [0, 0.1) is 13.8 Å². The average Bonchev–Trinajstić information content (AvgIpc) is 2.84. The van der Waals surface area contributed by atoms with E-state index in [2.05, 4.69) is 15.3 Å². The Labute approximate surface area is 153 Å². The van der Waals surface area contributed by atoms with Gasteiger partial charge in [0.15, 0.2) is 5.65 Å². The van der Waals surface area contributed by atoms with Crippen molar-refractivity contribution in [1.29, 1.82) is 0 Å². The van der Waals surface area contributed by atoms with E-state index in [9.17, 15) is 4.79 Å². The Bertz CT molecular complexity index is 952. The summed E-state index contributed by atoms with van der Waals surface area (Å²) in [5, 5.41) is 3.78. The first-order valence-corrected chi connectivity index (χ1v) is 8.37. The number of carbonyl (C=O) groups excluding carboxylic acids is 1. The van der Waals surface area contributed by atoms with Gasteiger partial charge in [0.1, 0.15) is 17.2 Å². The van der Waals surface area contributed by atoms with E-state index in [1.165, 1.54) is 0 Å². The fourth-order valence-electron chi connectivity index (χ4n) is 2.51. The van der Waals surface area contributed by atoms with E-state index in [-0.39, 0.29) is 11.8 Å². The molecule has 0 saturated carbocycles. The van der Waals surface area contributed by atoms with Crippen molar-refractivity contribution >= 4 is 57.6 Å². The molecule has 24 heavy (non-hydrogen) atoms. The molecule has 0 aliphatic rings. The molecule has 3 rings (SSSR count). The van der Waals surface area contributed by atoms with E-state index >= 15 is 0 Å². The van der Waals surface area contributed by atoms with E-state index in [0.29, 0.717) is 38.4 Å². The molecule has 0 unspecified atom stereocenters. The number of hydrogen-bond acceptors (Lipinski definition) is 3. The van der Waals surface area contributed by atoms with Gasteiger partial charge in [0.25, 0.3) is 0 Å². The quantitative estimate of drug-likeness (QED) is 0.676. The second kappa shape index (κ2) is 6.59. The third kappa shape index (κ3) is 3.07. The van der Waals surface area contributed by atoms with Crippen LogP contribution in [0.3, 0.4) is 0 Å². The molecule has 0 saturated heterocycles. The number of fused-ring (bicyclic) bond motifs is 1. The van der Waals surface area contributed by atoms with Crippen LogP contribution in [0.5, 0.6) is 0 Å². The summed E-state index contributed by atoms with van der Waals surface area (Å²) in [6, 6.07) is 6.97. The number of benzene rings is 1. The minimum absolute atomic E-state index is 0.133. The summed E-state index contributed by atoms with van der Waals surface area (Å²) in [5.41, 5.74) is 3.19. The van der Waals surface area contributed by atoms with Crippen LogP contribution in [-0.4, -0.2) is 26.3 Å². The van der Waals surface area contributed by atoms with Crippen molar-refractivity contribution in [2.24, 2.45) is 0 Å². The van der Waals surface area contributed by atoms with E-state index < -0.39 is 0 Å². The Kier molecular flexibility index (Phi) is 4.67. The molecule has 5 nitrogen and oxygen atoms in total. The first-order valence-electron chi connectivity index (χ1n) is 7.08. The predicted molar refractivity (Wildman–Crippen MR) is 97.7 cm³/mol. The normalized spacial score (nSPS) is 11.0. The standard InChI is InChI=1S/C16H13Cl3N4O/c1-8-5-12(22-14(24)7-17)15-16(20-8)23(9(2)21-15)13-4-3-10(18)6-11(13)19/h3-6H,7H2,1-2H3,(H,20,22,24). The third-order valence-corrected chi connectivity index (χ3v) is 4.24. The van der Waals surface area contributed by atoms with Gasteiger partial charge < -0.3 is 5.32 Å². The Hall–Kier alpha value is -1.82. The first kappa shape index (κ1) is 17.0. The molecule has 0 spiro atoms. The van der Waals surface area contributed by atoms with Crippen LogP contribution in [0.25, 0.3) is 16.9 Å². The number of nitrogens with zero attached hydrogens (tertiary/aromatic N) is 3. The maximum atomic E-state index is 11.7. The van der Waals surface area contributed by atoms with E-state index in [4.69, 9.17) is 34.8 Å². The first-order chi connectivity index (χ1) is 11.4. The summed E-state index contributed by atoms with van der Waals surface area (Å²) in [6.45, 7) is 3.68. The zero-order valence-electron chi connectivity index (χ0n) is 12.9. The van der Waals surface area contributed by atoms with Crippen molar-refractivity contribution in [3.05, 3.63) is 45.8 Å². The second-order valence-corrected chi connectivity index (χ2v) is 6.37. The number of amides is 1. The zero-order chi connectivity index (χ0) is 17.4. The van der Waals surface area contributed by atoms with E-state index in [1.54, 1.807) is 24.3 Å². The molecule has 3 aromatic rings. The molecule has 0 radical (unpaired) electrons. The number of imidazole rings is 1. The predicted octanol–water partition coefficient (Wildman–Crippen LogP) is 4.52. The summed E-state index contributed by atoms with van der Waals surface area (Å²) in [7, 11) is 0. The molecule has 2 aromatic heterocycles. The average molecular weight is 384 g/mol. The monoisotopic (exact) mass is 382 g/mol. The smallest absolute Gasteiger partial charge is 0.239 e. The Morgan fingerprint density at radius 2 is 1.96 bits per heavy atom. The van der Waals surface area contributed by atoms with E-state index in [1.807, 2.05) is 18.4 Å². The van der Waals surface area contributed by atoms with Gasteiger partial charge in [-0.25, -0.2) is 9.97 Å². The van der Waals surface area contributed by atoms with Crippen molar-refractivity contribution in [3.8, 4) is 5.69 Å².